The molecule has 1 N–H and O–H groups in total. The number of hydrogen-bond acceptors (Lipinski definition) is 3. The lowest BCUT2D eigenvalue weighted by molar-refractivity contribution is 0.415. The Morgan fingerprint density at radius 2 is 2.06 bits per heavy atom. The Labute approximate surface area is 107 Å². The molecular weight excluding hydrogens is 262 g/mol. The van der Waals surface area contributed by atoms with Gasteiger partial charge in [-0.15, -0.1) is 11.6 Å². The number of H-pyrrole nitrogens is 1. The Bertz CT molecular complexity index is 482. The molecule has 1 aromatic rings. The van der Waals surface area contributed by atoms with Gasteiger partial charge in [-0.2, -0.15) is 9.40 Å². The average Bonchev–Trinajstić information content (AvgIpc) is 2.58. The van der Waals surface area contributed by atoms with Crippen LogP contribution in [-0.4, -0.2) is 36.5 Å². The predicted molar refractivity (Wildman–Crippen MR) is 67.5 cm³/mol. The maximum atomic E-state index is 12.2. The van der Waals surface area contributed by atoms with Crippen molar-refractivity contribution in [2.24, 2.45) is 5.92 Å². The maximum Gasteiger partial charge on any atom is 0.262 e. The summed E-state index contributed by atoms with van der Waals surface area (Å²) in [6.45, 7) is 6.14. The number of nitrogens with zero attached hydrogens (tertiary/aromatic N) is 2. The Balaban J connectivity index is 3.13. The van der Waals surface area contributed by atoms with Crippen LogP contribution in [0.3, 0.4) is 0 Å². The van der Waals surface area contributed by atoms with Crippen molar-refractivity contribution < 1.29 is 8.42 Å². The number of halogens is 1. The summed E-state index contributed by atoms with van der Waals surface area (Å²) in [5.41, 5.74) is 1.23. The second-order valence-corrected chi connectivity index (χ2v) is 6.67. The molecule has 0 aliphatic carbocycles. The highest BCUT2D eigenvalue weighted by Crippen LogP contribution is 2.21. The fraction of sp³-hybridized carbons (Fsp3) is 0.700. The number of alkyl halides is 1. The van der Waals surface area contributed by atoms with Crippen LogP contribution in [0.5, 0.6) is 0 Å². The monoisotopic (exact) mass is 279 g/mol. The smallest absolute Gasteiger partial charge is 0.262 e. The highest BCUT2D eigenvalue weighted by Gasteiger charge is 2.27. The summed E-state index contributed by atoms with van der Waals surface area (Å²) in [5.74, 6) is 0.390. The number of sulfonamides is 1. The molecule has 0 spiro atoms. The highest BCUT2D eigenvalue weighted by molar-refractivity contribution is 7.89. The second kappa shape index (κ2) is 5.37. The average molecular weight is 280 g/mol. The van der Waals surface area contributed by atoms with E-state index in [1.165, 1.54) is 4.31 Å². The Hall–Kier alpha value is -0.590. The van der Waals surface area contributed by atoms with Crippen LogP contribution in [0.1, 0.15) is 25.1 Å². The molecule has 0 amide bonds. The van der Waals surface area contributed by atoms with Crippen LogP contribution in [0.15, 0.2) is 5.03 Å². The van der Waals surface area contributed by atoms with Gasteiger partial charge in [0.1, 0.15) is 0 Å². The van der Waals surface area contributed by atoms with Gasteiger partial charge in [0.15, 0.2) is 5.03 Å². The fourth-order valence-corrected chi connectivity index (χ4v) is 3.45. The third kappa shape index (κ3) is 3.00. The molecule has 0 saturated heterocycles. The van der Waals surface area contributed by atoms with E-state index in [4.69, 9.17) is 11.6 Å². The van der Waals surface area contributed by atoms with E-state index in [0.717, 1.165) is 0 Å². The first-order valence-corrected chi connectivity index (χ1v) is 7.34. The van der Waals surface area contributed by atoms with Crippen molar-refractivity contribution in [3.8, 4) is 0 Å². The highest BCUT2D eigenvalue weighted by atomic mass is 35.5. The number of aromatic amines is 1. The molecule has 5 nitrogen and oxygen atoms in total. The van der Waals surface area contributed by atoms with Gasteiger partial charge in [-0.3, -0.25) is 5.10 Å². The predicted octanol–water partition coefficient (Wildman–Crippen LogP) is 1.73. The number of rotatable bonds is 5. The van der Waals surface area contributed by atoms with Crippen LogP contribution < -0.4 is 0 Å². The van der Waals surface area contributed by atoms with Gasteiger partial charge in [-0.25, -0.2) is 8.42 Å². The lowest BCUT2D eigenvalue weighted by Gasteiger charge is -2.18. The molecule has 0 radical (unpaired) electrons. The van der Waals surface area contributed by atoms with Crippen LogP contribution in [0.25, 0.3) is 0 Å². The van der Waals surface area contributed by atoms with Gasteiger partial charge < -0.3 is 0 Å². The van der Waals surface area contributed by atoms with Gasteiger partial charge in [0.2, 0.25) is 0 Å². The molecule has 0 bridgehead atoms. The fourth-order valence-electron chi connectivity index (χ4n) is 1.56. The van der Waals surface area contributed by atoms with E-state index in [0.29, 0.717) is 17.8 Å². The van der Waals surface area contributed by atoms with Gasteiger partial charge in [-0.1, -0.05) is 13.8 Å². The zero-order valence-electron chi connectivity index (χ0n) is 10.5. The molecule has 0 unspecified atom stereocenters. The molecular formula is C10H18ClN3O2S. The first kappa shape index (κ1) is 14.5. The summed E-state index contributed by atoms with van der Waals surface area (Å²) in [4.78, 5) is 0. The molecule has 1 aromatic heterocycles. The van der Waals surface area contributed by atoms with Crippen LogP contribution in [-0.2, 0) is 15.9 Å². The minimum Gasteiger partial charge on any atom is -0.281 e. The van der Waals surface area contributed by atoms with Crippen molar-refractivity contribution in [3.05, 3.63) is 11.3 Å². The van der Waals surface area contributed by atoms with Crippen molar-refractivity contribution in [1.29, 1.82) is 0 Å². The first-order valence-electron chi connectivity index (χ1n) is 5.36. The Morgan fingerprint density at radius 3 is 2.53 bits per heavy atom. The molecule has 17 heavy (non-hydrogen) atoms. The standard InChI is InChI=1S/C10H18ClN3O2S/c1-7(2)6-14(4)17(15,16)10-9(5-11)8(3)12-13-10/h7H,5-6H2,1-4H3,(H,12,13). The van der Waals surface area contributed by atoms with Crippen molar-refractivity contribution in [3.63, 3.8) is 0 Å². The van der Waals surface area contributed by atoms with E-state index in [-0.39, 0.29) is 16.8 Å². The summed E-state index contributed by atoms with van der Waals surface area (Å²) < 4.78 is 25.8. The molecule has 0 aliphatic heterocycles. The molecule has 7 heteroatoms. The van der Waals surface area contributed by atoms with Crippen LogP contribution in [0.2, 0.25) is 0 Å². The van der Waals surface area contributed by atoms with Crippen molar-refractivity contribution in [1.82, 2.24) is 14.5 Å². The van der Waals surface area contributed by atoms with Crippen molar-refractivity contribution >= 4 is 21.6 Å². The summed E-state index contributed by atoms with van der Waals surface area (Å²) in [6.07, 6.45) is 0. The van der Waals surface area contributed by atoms with Crippen LogP contribution in [0, 0.1) is 12.8 Å². The van der Waals surface area contributed by atoms with E-state index in [1.54, 1.807) is 14.0 Å². The summed E-state index contributed by atoms with van der Waals surface area (Å²) in [6, 6.07) is 0. The minimum absolute atomic E-state index is 0.0353. The largest absolute Gasteiger partial charge is 0.281 e. The molecule has 0 atom stereocenters. The van der Waals surface area contributed by atoms with E-state index in [1.807, 2.05) is 13.8 Å². The Morgan fingerprint density at radius 1 is 1.47 bits per heavy atom. The second-order valence-electron chi connectivity index (χ2n) is 4.45. The third-order valence-electron chi connectivity index (χ3n) is 2.45. The quantitative estimate of drug-likeness (QED) is 0.835. The first-order chi connectivity index (χ1) is 7.80. The van der Waals surface area contributed by atoms with Crippen LogP contribution in [0.4, 0.5) is 0 Å². The van der Waals surface area contributed by atoms with Gasteiger partial charge in [0, 0.05) is 24.8 Å². The van der Waals surface area contributed by atoms with Gasteiger partial charge in [-0.05, 0) is 12.8 Å². The number of aromatic nitrogens is 2. The van der Waals surface area contributed by atoms with E-state index in [9.17, 15) is 8.42 Å². The summed E-state index contributed by atoms with van der Waals surface area (Å²) in [7, 11) is -2.00. The normalized spacial score (nSPS) is 12.6. The van der Waals surface area contributed by atoms with Gasteiger partial charge in [0.05, 0.1) is 5.88 Å². The SMILES string of the molecule is Cc1[nH]nc(S(=O)(=O)N(C)CC(C)C)c1CCl. The minimum atomic E-state index is -3.55. The number of aryl methyl sites for hydroxylation is 1. The number of nitrogens with one attached hydrogen (secondary N) is 1. The zero-order valence-corrected chi connectivity index (χ0v) is 12.1. The number of hydrogen-bond donors (Lipinski definition) is 1. The van der Waals surface area contributed by atoms with E-state index >= 15 is 0 Å². The van der Waals surface area contributed by atoms with Crippen molar-refractivity contribution in [2.75, 3.05) is 13.6 Å². The van der Waals surface area contributed by atoms with E-state index in [2.05, 4.69) is 10.2 Å². The molecule has 98 valence electrons. The molecule has 0 aliphatic rings. The third-order valence-corrected chi connectivity index (χ3v) is 4.51. The summed E-state index contributed by atoms with van der Waals surface area (Å²) >= 11 is 5.75. The zero-order chi connectivity index (χ0) is 13.2. The van der Waals surface area contributed by atoms with Gasteiger partial charge >= 0.3 is 0 Å². The summed E-state index contributed by atoms with van der Waals surface area (Å²) in [5, 5.41) is 6.55. The molecule has 1 rings (SSSR count). The molecule has 0 saturated carbocycles. The molecule has 0 fully saturated rings. The van der Waals surface area contributed by atoms with Crippen molar-refractivity contribution in [2.45, 2.75) is 31.7 Å². The lowest BCUT2D eigenvalue weighted by atomic mass is 10.2. The topological polar surface area (TPSA) is 66.1 Å². The molecule has 0 aromatic carbocycles. The van der Waals surface area contributed by atoms with Crippen LogP contribution >= 0.6 is 11.6 Å². The van der Waals surface area contributed by atoms with Gasteiger partial charge in [0.25, 0.3) is 10.0 Å². The maximum absolute atomic E-state index is 12.2. The van der Waals surface area contributed by atoms with E-state index < -0.39 is 10.0 Å². The Kier molecular flexibility index (Phi) is 4.57. The molecule has 1 heterocycles. The lowest BCUT2D eigenvalue weighted by Crippen LogP contribution is -2.31.